The zero-order valence-electron chi connectivity index (χ0n) is 28.2. The van der Waals surface area contributed by atoms with Crippen molar-refractivity contribution in [2.45, 2.75) is 93.3 Å². The van der Waals surface area contributed by atoms with Gasteiger partial charge >= 0.3 is 11.9 Å². The fourth-order valence-corrected chi connectivity index (χ4v) is 9.16. The van der Waals surface area contributed by atoms with Crippen LogP contribution in [0.2, 0.25) is 0 Å². The molecule has 5 fully saturated rings. The number of hydrogen-bond acceptors (Lipinski definition) is 10. The highest BCUT2D eigenvalue weighted by Crippen LogP contribution is 2.73. The summed E-state index contributed by atoms with van der Waals surface area (Å²) in [4.78, 5) is 27.5. The van der Waals surface area contributed by atoms with E-state index < -0.39 is 88.9 Å². The van der Waals surface area contributed by atoms with E-state index in [2.05, 4.69) is 19.6 Å². The molecule has 3 N–H and O–H groups in total. The Labute approximate surface area is 286 Å². The largest absolute Gasteiger partial charge is 0.455 e. The Bertz CT molecular complexity index is 1690. The SMILES string of the molecule is C=C(C)[C@@]12O[C@@]3(/C=C/C=CC=CCCC)O[C@@H]1[C@@H]1[C@@H]4O[C@]4(CO)[C@@H](O)[C@]4(O)C(=O)C(C)=C[C@H]4[C@@]1(O3)[C@H](C)[C@H]2OC(=O)/C=C/c1ccccc1. The number of benzene rings is 1. The number of hydrogen-bond donors (Lipinski definition) is 3. The number of Topliss-reactive ketones (excluding diaryl/α,β-unsaturated/α-hetero) is 1. The van der Waals surface area contributed by atoms with Gasteiger partial charge in [-0.3, -0.25) is 4.79 Å². The summed E-state index contributed by atoms with van der Waals surface area (Å²) in [5, 5.41) is 34.9. The fourth-order valence-electron chi connectivity index (χ4n) is 9.16. The van der Waals surface area contributed by atoms with Gasteiger partial charge in [0, 0.05) is 29.9 Å². The van der Waals surface area contributed by atoms with Crippen molar-refractivity contribution in [3.05, 3.63) is 102 Å². The molecule has 49 heavy (non-hydrogen) atoms. The molecule has 3 heterocycles. The van der Waals surface area contributed by atoms with Crippen LogP contribution in [0.1, 0.15) is 46.1 Å². The number of aliphatic hydroxyl groups excluding tert-OH is 2. The van der Waals surface area contributed by atoms with Gasteiger partial charge < -0.3 is 39.0 Å². The summed E-state index contributed by atoms with van der Waals surface area (Å²) >= 11 is 0. The van der Waals surface area contributed by atoms with E-state index in [0.29, 0.717) is 5.57 Å². The van der Waals surface area contributed by atoms with Gasteiger partial charge in [0.1, 0.15) is 30.0 Å². The Morgan fingerprint density at radius 1 is 1.08 bits per heavy atom. The van der Waals surface area contributed by atoms with E-state index in [9.17, 15) is 24.9 Å². The summed E-state index contributed by atoms with van der Waals surface area (Å²) in [7, 11) is 0. The highest BCUT2D eigenvalue weighted by atomic mass is 16.9. The van der Waals surface area contributed by atoms with Gasteiger partial charge in [-0.05, 0) is 43.1 Å². The first kappa shape index (κ1) is 34.0. The predicted molar refractivity (Wildman–Crippen MR) is 178 cm³/mol. The molecule has 2 saturated carbocycles. The van der Waals surface area contributed by atoms with Gasteiger partial charge in [-0.25, -0.2) is 4.79 Å². The molecule has 10 nitrogen and oxygen atoms in total. The molecule has 3 aliphatic heterocycles. The van der Waals surface area contributed by atoms with Crippen LogP contribution < -0.4 is 0 Å². The lowest BCUT2D eigenvalue weighted by atomic mass is 9.53. The van der Waals surface area contributed by atoms with E-state index in [1.54, 1.807) is 44.2 Å². The quantitative estimate of drug-likeness (QED) is 0.110. The normalized spacial score (nSPS) is 44.8. The third-order valence-corrected chi connectivity index (χ3v) is 11.4. The molecular weight excluding hydrogens is 628 g/mol. The Morgan fingerprint density at radius 3 is 2.51 bits per heavy atom. The topological polar surface area (TPSA) is 144 Å². The Balaban J connectivity index is 1.39. The summed E-state index contributed by atoms with van der Waals surface area (Å²) in [6.07, 6.45) is 12.8. The smallest absolute Gasteiger partial charge is 0.331 e. The Morgan fingerprint density at radius 2 is 1.82 bits per heavy atom. The van der Waals surface area contributed by atoms with Crippen LogP contribution in [0.3, 0.4) is 0 Å². The van der Waals surface area contributed by atoms with Crippen molar-refractivity contribution < 1.29 is 48.6 Å². The van der Waals surface area contributed by atoms with E-state index in [1.165, 1.54) is 6.08 Å². The molecule has 1 aromatic rings. The van der Waals surface area contributed by atoms with Gasteiger partial charge in [-0.1, -0.05) is 93.6 Å². The number of esters is 1. The van der Waals surface area contributed by atoms with E-state index in [4.69, 9.17) is 23.7 Å². The lowest BCUT2D eigenvalue weighted by Crippen LogP contribution is -2.76. The number of unbranched alkanes of at least 4 members (excludes halogenated alkanes) is 1. The maximum absolute atomic E-state index is 13.9. The minimum absolute atomic E-state index is 0.227. The monoisotopic (exact) mass is 672 g/mol. The first-order valence-electron chi connectivity index (χ1n) is 17.0. The summed E-state index contributed by atoms with van der Waals surface area (Å²) < 4.78 is 33.1. The molecule has 0 unspecified atom stereocenters. The van der Waals surface area contributed by atoms with E-state index >= 15 is 0 Å². The molecule has 1 aromatic carbocycles. The zero-order valence-corrected chi connectivity index (χ0v) is 28.2. The molecule has 6 aliphatic rings. The number of carbonyl (C=O) groups is 2. The molecule has 7 rings (SSSR count). The first-order chi connectivity index (χ1) is 23.4. The van der Waals surface area contributed by atoms with Gasteiger partial charge in [-0.2, -0.15) is 0 Å². The fraction of sp³-hybridized carbons (Fsp3) is 0.487. The molecule has 10 heteroatoms. The van der Waals surface area contributed by atoms with Crippen LogP contribution in [-0.2, 0) is 33.3 Å². The molecule has 0 radical (unpaired) electrons. The van der Waals surface area contributed by atoms with Gasteiger partial charge in [0.15, 0.2) is 17.0 Å². The molecule has 0 aromatic heterocycles. The molecule has 3 saturated heterocycles. The summed E-state index contributed by atoms with van der Waals surface area (Å²) in [6, 6.07) is 9.31. The van der Waals surface area contributed by atoms with E-state index in [1.807, 2.05) is 49.4 Å². The number of ketones is 1. The molecule has 12 atom stereocenters. The standard InChI is InChI=1S/C39H44O10/c1-6-7-8-9-10-11-15-20-36-47-33-29-32-35(22-40,46-32)34(43)37(44)27(21-24(4)30(37)42)39(29,49-36)25(5)31(38(33,48-36)23(2)3)45-28(41)19-18-26-16-13-12-14-17-26/h8-21,25,27,29,31-34,40,43-44H,2,6-7,22H2,1,3-5H3/b9-8?,11-10?,19-18+,20-15+/t25-,27-,29+,31-,32+,33-,34-,35+,36-,37-,38+,39+/m1/s1. The Hall–Kier alpha value is -3.48. The van der Waals surface area contributed by atoms with Gasteiger partial charge in [-0.15, -0.1) is 0 Å². The van der Waals surface area contributed by atoms with E-state index in [0.717, 1.165) is 18.4 Å². The summed E-state index contributed by atoms with van der Waals surface area (Å²) in [5.74, 6) is -5.96. The predicted octanol–water partition coefficient (Wildman–Crippen LogP) is 3.88. The van der Waals surface area contributed by atoms with Crippen molar-refractivity contribution >= 4 is 17.8 Å². The molecular formula is C39H44O10. The first-order valence-corrected chi connectivity index (χ1v) is 17.0. The molecule has 260 valence electrons. The second-order valence-corrected chi connectivity index (χ2v) is 14.2. The minimum Gasteiger partial charge on any atom is -0.455 e. The number of epoxide rings is 1. The summed E-state index contributed by atoms with van der Waals surface area (Å²) in [5.41, 5.74) is -5.64. The van der Waals surface area contributed by atoms with Crippen LogP contribution in [0.5, 0.6) is 0 Å². The maximum Gasteiger partial charge on any atom is 0.331 e. The number of ether oxygens (including phenoxy) is 5. The number of aliphatic hydroxyl groups is 3. The van der Waals surface area contributed by atoms with Gasteiger partial charge in [0.2, 0.25) is 0 Å². The van der Waals surface area contributed by atoms with Crippen molar-refractivity contribution in [2.24, 2.45) is 17.8 Å². The highest BCUT2D eigenvalue weighted by molar-refractivity contribution is 6.05. The molecule has 0 amide bonds. The second-order valence-electron chi connectivity index (χ2n) is 14.2. The molecule has 3 aliphatic carbocycles. The van der Waals surface area contributed by atoms with Crippen molar-refractivity contribution in [1.29, 1.82) is 0 Å². The van der Waals surface area contributed by atoms with Crippen LogP contribution in [0.4, 0.5) is 0 Å². The lowest BCUT2D eigenvalue weighted by molar-refractivity contribution is -0.407. The number of rotatable bonds is 10. The maximum atomic E-state index is 13.9. The van der Waals surface area contributed by atoms with Crippen molar-refractivity contribution in [3.63, 3.8) is 0 Å². The lowest BCUT2D eigenvalue weighted by Gasteiger charge is -2.61. The number of carbonyl (C=O) groups excluding carboxylic acids is 2. The van der Waals surface area contributed by atoms with Gasteiger partial charge in [0.05, 0.1) is 12.2 Å². The molecule has 3 bridgehead atoms. The van der Waals surface area contributed by atoms with Gasteiger partial charge in [0.25, 0.3) is 0 Å². The van der Waals surface area contributed by atoms with Crippen LogP contribution in [0.15, 0.2) is 96.7 Å². The van der Waals surface area contributed by atoms with Crippen molar-refractivity contribution in [3.8, 4) is 0 Å². The van der Waals surface area contributed by atoms with E-state index in [-0.39, 0.29) is 5.57 Å². The third-order valence-electron chi connectivity index (χ3n) is 11.4. The van der Waals surface area contributed by atoms with Crippen LogP contribution in [-0.4, -0.2) is 86.5 Å². The second kappa shape index (κ2) is 11.8. The van der Waals surface area contributed by atoms with Crippen molar-refractivity contribution in [2.75, 3.05) is 6.61 Å². The molecule has 0 spiro atoms. The summed E-state index contributed by atoms with van der Waals surface area (Å²) in [6.45, 7) is 10.9. The van der Waals surface area contributed by atoms with Crippen LogP contribution in [0.25, 0.3) is 6.08 Å². The average Bonchev–Trinajstić information content (AvgIpc) is 3.71. The third kappa shape index (κ3) is 4.58. The zero-order chi connectivity index (χ0) is 35.0. The average molecular weight is 673 g/mol. The van der Waals surface area contributed by atoms with Crippen LogP contribution >= 0.6 is 0 Å². The van der Waals surface area contributed by atoms with Crippen molar-refractivity contribution in [1.82, 2.24) is 0 Å². The Kier molecular flexibility index (Phi) is 8.19. The number of fused-ring (bicyclic) bond motifs is 3. The number of allylic oxidation sites excluding steroid dienone is 5. The van der Waals surface area contributed by atoms with Crippen LogP contribution in [0, 0.1) is 17.8 Å². The minimum atomic E-state index is -2.43. The highest BCUT2D eigenvalue weighted by Gasteiger charge is 2.90.